The van der Waals surface area contributed by atoms with Crippen LogP contribution in [0.3, 0.4) is 0 Å². The smallest absolute Gasteiger partial charge is 0.348 e. The van der Waals surface area contributed by atoms with E-state index in [0.29, 0.717) is 24.5 Å². The molecular formula is C25H33NO6S. The zero-order chi connectivity index (χ0) is 23.6. The second-order valence-electron chi connectivity index (χ2n) is 8.20. The number of aliphatic hydroxyl groups is 2. The molecular weight excluding hydrogens is 442 g/mol. The molecule has 1 aliphatic heterocycles. The number of carbonyl (C=O) groups excluding carboxylic acids is 2. The third-order valence-electron chi connectivity index (χ3n) is 5.70. The van der Waals surface area contributed by atoms with Crippen LogP contribution in [0.25, 0.3) is 0 Å². The Balaban J connectivity index is 1.53. The average molecular weight is 476 g/mol. The first-order valence-corrected chi connectivity index (χ1v) is 12.4. The van der Waals surface area contributed by atoms with E-state index in [1.807, 2.05) is 30.3 Å². The molecule has 0 radical (unpaired) electrons. The fourth-order valence-corrected chi connectivity index (χ4v) is 4.78. The van der Waals surface area contributed by atoms with E-state index in [1.165, 1.54) is 11.3 Å². The normalized spacial score (nSPS) is 16.9. The summed E-state index contributed by atoms with van der Waals surface area (Å²) in [6.07, 6.45) is 4.71. The van der Waals surface area contributed by atoms with Crippen molar-refractivity contribution >= 4 is 28.9 Å². The van der Waals surface area contributed by atoms with Gasteiger partial charge in [-0.05, 0) is 42.7 Å². The van der Waals surface area contributed by atoms with Crippen LogP contribution in [0.1, 0.15) is 71.7 Å². The van der Waals surface area contributed by atoms with Gasteiger partial charge in [-0.1, -0.05) is 38.3 Å². The Morgan fingerprint density at radius 2 is 2.00 bits per heavy atom. The molecule has 3 rings (SSSR count). The number of benzene rings is 1. The molecule has 1 amide bonds. The van der Waals surface area contributed by atoms with Gasteiger partial charge in [-0.25, -0.2) is 4.79 Å². The van der Waals surface area contributed by atoms with E-state index in [0.717, 1.165) is 48.2 Å². The van der Waals surface area contributed by atoms with Gasteiger partial charge >= 0.3 is 5.97 Å². The summed E-state index contributed by atoms with van der Waals surface area (Å²) in [5, 5.41) is 19.1. The molecule has 180 valence electrons. The maximum atomic E-state index is 12.5. The topological polar surface area (TPSA) is 96.3 Å². The van der Waals surface area contributed by atoms with Crippen molar-refractivity contribution in [2.45, 2.75) is 64.2 Å². The molecule has 0 saturated carbocycles. The van der Waals surface area contributed by atoms with Crippen LogP contribution in [0.2, 0.25) is 0 Å². The highest BCUT2D eigenvalue weighted by Gasteiger charge is 2.32. The Bertz CT molecular complexity index is 897. The van der Waals surface area contributed by atoms with E-state index in [9.17, 15) is 14.7 Å². The monoisotopic (exact) mass is 475 g/mol. The zero-order valence-corrected chi connectivity index (χ0v) is 19.9. The third-order valence-corrected chi connectivity index (χ3v) is 6.74. The summed E-state index contributed by atoms with van der Waals surface area (Å²) in [4.78, 5) is 27.5. The highest BCUT2D eigenvalue weighted by atomic mass is 32.1. The minimum Gasteiger partial charge on any atom is -0.459 e. The summed E-state index contributed by atoms with van der Waals surface area (Å²) in [6, 6.07) is 11.1. The fourth-order valence-electron chi connectivity index (χ4n) is 3.94. The number of ether oxygens (including phenoxy) is 2. The zero-order valence-electron chi connectivity index (χ0n) is 19.1. The largest absolute Gasteiger partial charge is 0.459 e. The van der Waals surface area contributed by atoms with Gasteiger partial charge in [-0.15, -0.1) is 11.3 Å². The SMILES string of the molecule is CCCCC[C@H](O)c1ccc(N2C(=O)CC[C@@H]2COCc2ccc(C(=O)OCCO)s2)cc1. The fraction of sp³-hybridized carbons (Fsp3) is 0.520. The summed E-state index contributed by atoms with van der Waals surface area (Å²) in [7, 11) is 0. The number of unbranched alkanes of at least 4 members (excludes halogenated alkanes) is 2. The molecule has 1 aromatic heterocycles. The van der Waals surface area contributed by atoms with Crippen molar-refractivity contribution in [1.82, 2.24) is 0 Å². The van der Waals surface area contributed by atoms with Gasteiger partial charge in [0.25, 0.3) is 0 Å². The second kappa shape index (κ2) is 12.8. The molecule has 7 nitrogen and oxygen atoms in total. The van der Waals surface area contributed by atoms with Gasteiger partial charge in [-0.3, -0.25) is 4.79 Å². The van der Waals surface area contributed by atoms with Crippen molar-refractivity contribution in [3.8, 4) is 0 Å². The Labute approximate surface area is 198 Å². The van der Waals surface area contributed by atoms with E-state index in [1.54, 1.807) is 11.0 Å². The molecule has 1 saturated heterocycles. The van der Waals surface area contributed by atoms with Gasteiger partial charge in [0.2, 0.25) is 5.91 Å². The van der Waals surface area contributed by atoms with Crippen LogP contribution >= 0.6 is 11.3 Å². The first-order chi connectivity index (χ1) is 16.0. The maximum absolute atomic E-state index is 12.5. The van der Waals surface area contributed by atoms with E-state index < -0.39 is 12.1 Å². The van der Waals surface area contributed by atoms with Gasteiger partial charge in [-0.2, -0.15) is 0 Å². The highest BCUT2D eigenvalue weighted by molar-refractivity contribution is 7.13. The third kappa shape index (κ3) is 7.11. The lowest BCUT2D eigenvalue weighted by molar-refractivity contribution is -0.117. The van der Waals surface area contributed by atoms with Crippen LogP contribution < -0.4 is 4.90 Å². The van der Waals surface area contributed by atoms with E-state index in [2.05, 4.69) is 6.92 Å². The van der Waals surface area contributed by atoms with Gasteiger partial charge in [0, 0.05) is 17.0 Å². The number of rotatable bonds is 13. The van der Waals surface area contributed by atoms with Gasteiger partial charge < -0.3 is 24.6 Å². The van der Waals surface area contributed by atoms with Gasteiger partial charge in [0.05, 0.1) is 32.0 Å². The lowest BCUT2D eigenvalue weighted by Crippen LogP contribution is -2.36. The molecule has 2 aromatic rings. The van der Waals surface area contributed by atoms with E-state index in [4.69, 9.17) is 14.6 Å². The molecule has 1 aliphatic rings. The molecule has 8 heteroatoms. The van der Waals surface area contributed by atoms with Crippen molar-refractivity contribution < 1.29 is 29.3 Å². The number of hydrogen-bond donors (Lipinski definition) is 2. The predicted molar refractivity (Wildman–Crippen MR) is 127 cm³/mol. The quantitative estimate of drug-likeness (QED) is 0.333. The van der Waals surface area contributed by atoms with Crippen LogP contribution in [0.5, 0.6) is 0 Å². The first kappa shape index (κ1) is 25.4. The Morgan fingerprint density at radius 3 is 2.73 bits per heavy atom. The molecule has 0 aliphatic carbocycles. The van der Waals surface area contributed by atoms with Gasteiger partial charge in [0.15, 0.2) is 0 Å². The predicted octanol–water partition coefficient (Wildman–Crippen LogP) is 4.22. The number of anilines is 1. The summed E-state index contributed by atoms with van der Waals surface area (Å²) < 4.78 is 10.8. The molecule has 0 bridgehead atoms. The number of hydrogen-bond acceptors (Lipinski definition) is 7. The Kier molecular flexibility index (Phi) is 9.87. The van der Waals surface area contributed by atoms with Crippen molar-refractivity contribution in [2.75, 3.05) is 24.7 Å². The van der Waals surface area contributed by atoms with Gasteiger partial charge in [0.1, 0.15) is 11.5 Å². The van der Waals surface area contributed by atoms with E-state index >= 15 is 0 Å². The number of carbonyl (C=O) groups is 2. The number of esters is 1. The number of nitrogens with zero attached hydrogens (tertiary/aromatic N) is 1. The molecule has 0 spiro atoms. The molecule has 2 N–H and O–H groups in total. The van der Waals surface area contributed by atoms with Crippen molar-refractivity contribution in [3.05, 3.63) is 51.7 Å². The number of thiophene rings is 1. The second-order valence-corrected chi connectivity index (χ2v) is 9.37. The van der Waals surface area contributed by atoms with E-state index in [-0.39, 0.29) is 25.2 Å². The molecule has 2 heterocycles. The molecule has 1 fully saturated rings. The molecule has 1 aromatic carbocycles. The highest BCUT2D eigenvalue weighted by Crippen LogP contribution is 2.29. The standard InChI is InChI=1S/C25H33NO6S/c1-2-3-4-5-22(28)18-6-8-19(9-7-18)26-20(10-13-24(26)29)16-31-17-21-11-12-23(33-21)25(30)32-15-14-27/h6-9,11-12,20,22,27-28H,2-5,10,13-17H2,1H3/t20-,22+/m1/s1. The van der Waals surface area contributed by atoms with Crippen LogP contribution in [0, 0.1) is 0 Å². The summed E-state index contributed by atoms with van der Waals surface area (Å²) in [5.74, 6) is -0.378. The van der Waals surface area contributed by atoms with Crippen molar-refractivity contribution in [1.29, 1.82) is 0 Å². The molecule has 2 atom stereocenters. The minimum atomic E-state index is -0.476. The average Bonchev–Trinajstić information content (AvgIpc) is 3.44. The van der Waals surface area contributed by atoms with Crippen LogP contribution in [-0.2, 0) is 20.9 Å². The van der Waals surface area contributed by atoms with Crippen LogP contribution in [0.4, 0.5) is 5.69 Å². The Morgan fingerprint density at radius 1 is 1.21 bits per heavy atom. The summed E-state index contributed by atoms with van der Waals surface area (Å²) in [5.41, 5.74) is 1.70. The lowest BCUT2D eigenvalue weighted by Gasteiger charge is -2.25. The summed E-state index contributed by atoms with van der Waals surface area (Å²) >= 11 is 1.30. The lowest BCUT2D eigenvalue weighted by atomic mass is 10.0. The number of amides is 1. The van der Waals surface area contributed by atoms with Crippen LogP contribution in [0.15, 0.2) is 36.4 Å². The maximum Gasteiger partial charge on any atom is 0.348 e. The van der Waals surface area contributed by atoms with Crippen LogP contribution in [-0.4, -0.2) is 48.0 Å². The van der Waals surface area contributed by atoms with Crippen molar-refractivity contribution in [2.24, 2.45) is 0 Å². The Hall–Kier alpha value is -2.26. The molecule has 33 heavy (non-hydrogen) atoms. The minimum absolute atomic E-state index is 0.0209. The first-order valence-electron chi connectivity index (χ1n) is 11.6. The van der Waals surface area contributed by atoms with Crippen molar-refractivity contribution in [3.63, 3.8) is 0 Å². The number of aliphatic hydroxyl groups excluding tert-OH is 2. The molecule has 0 unspecified atom stereocenters. The summed E-state index contributed by atoms with van der Waals surface area (Å²) in [6.45, 7) is 2.66.